The summed E-state index contributed by atoms with van der Waals surface area (Å²) in [5.41, 5.74) is 4.08. The fourth-order valence-electron chi connectivity index (χ4n) is 1.56. The zero-order valence-corrected chi connectivity index (χ0v) is 10.6. The van der Waals surface area contributed by atoms with Gasteiger partial charge in [0.05, 0.1) is 16.1 Å². The van der Waals surface area contributed by atoms with E-state index in [0.717, 1.165) is 29.2 Å². The van der Waals surface area contributed by atoms with Gasteiger partial charge in [-0.3, -0.25) is 0 Å². The van der Waals surface area contributed by atoms with Gasteiger partial charge in [-0.15, -0.1) is 11.3 Å². The van der Waals surface area contributed by atoms with Crippen LogP contribution in [-0.4, -0.2) is 18.6 Å². The molecule has 0 radical (unpaired) electrons. The number of nitrogens with one attached hydrogen (secondary N) is 1. The van der Waals surface area contributed by atoms with Gasteiger partial charge < -0.3 is 5.32 Å². The number of likely N-dealkylation sites (N-methyl/N-ethyl adjacent to an activating group) is 1. The molecule has 16 heavy (non-hydrogen) atoms. The molecular formula is C12H13ClN2S. The monoisotopic (exact) mass is 252 g/mol. The van der Waals surface area contributed by atoms with E-state index in [1.54, 1.807) is 11.3 Å². The second-order valence-electron chi connectivity index (χ2n) is 3.46. The first-order valence-electron chi connectivity index (χ1n) is 5.15. The topological polar surface area (TPSA) is 24.9 Å². The maximum atomic E-state index is 6.18. The number of hydrogen-bond donors (Lipinski definition) is 1. The second-order valence-corrected chi connectivity index (χ2v) is 4.72. The van der Waals surface area contributed by atoms with Gasteiger partial charge in [-0.1, -0.05) is 29.8 Å². The summed E-state index contributed by atoms with van der Waals surface area (Å²) in [6, 6.07) is 7.90. The summed E-state index contributed by atoms with van der Waals surface area (Å²) < 4.78 is 0. The quantitative estimate of drug-likeness (QED) is 0.904. The first-order chi connectivity index (χ1) is 7.83. The summed E-state index contributed by atoms with van der Waals surface area (Å²) in [7, 11) is 1.95. The van der Waals surface area contributed by atoms with Crippen molar-refractivity contribution in [3.05, 3.63) is 40.5 Å². The highest BCUT2D eigenvalue weighted by atomic mass is 35.5. The number of halogens is 1. The minimum absolute atomic E-state index is 0.789. The number of thiazole rings is 1. The molecular weight excluding hydrogens is 240 g/mol. The predicted octanol–water partition coefficient (Wildman–Crippen LogP) is 3.23. The van der Waals surface area contributed by atoms with Crippen LogP contribution in [0.4, 0.5) is 0 Å². The molecule has 4 heteroatoms. The van der Waals surface area contributed by atoms with E-state index in [9.17, 15) is 0 Å². The minimum Gasteiger partial charge on any atom is -0.319 e. The van der Waals surface area contributed by atoms with Crippen molar-refractivity contribution >= 4 is 22.9 Å². The maximum absolute atomic E-state index is 6.18. The molecule has 0 bridgehead atoms. The summed E-state index contributed by atoms with van der Waals surface area (Å²) in [4.78, 5) is 5.57. The summed E-state index contributed by atoms with van der Waals surface area (Å²) >= 11 is 7.83. The Hall–Kier alpha value is -0.900. The molecule has 0 aliphatic carbocycles. The van der Waals surface area contributed by atoms with Crippen molar-refractivity contribution < 1.29 is 0 Å². The highest BCUT2D eigenvalue weighted by Gasteiger charge is 2.10. The van der Waals surface area contributed by atoms with Crippen molar-refractivity contribution in [1.82, 2.24) is 10.3 Å². The highest BCUT2D eigenvalue weighted by Crippen LogP contribution is 2.33. The van der Waals surface area contributed by atoms with Crippen molar-refractivity contribution in [3.8, 4) is 10.4 Å². The largest absolute Gasteiger partial charge is 0.319 e. The van der Waals surface area contributed by atoms with E-state index in [0.29, 0.717) is 0 Å². The zero-order chi connectivity index (χ0) is 11.4. The van der Waals surface area contributed by atoms with E-state index in [1.165, 1.54) is 4.88 Å². The van der Waals surface area contributed by atoms with Crippen LogP contribution in [0.25, 0.3) is 10.4 Å². The zero-order valence-electron chi connectivity index (χ0n) is 9.03. The van der Waals surface area contributed by atoms with E-state index >= 15 is 0 Å². The Balaban J connectivity index is 2.33. The average Bonchev–Trinajstić information content (AvgIpc) is 2.75. The minimum atomic E-state index is 0.789. The molecule has 1 aromatic heterocycles. The van der Waals surface area contributed by atoms with Gasteiger partial charge in [0.2, 0.25) is 0 Å². The number of hydrogen-bond acceptors (Lipinski definition) is 3. The molecule has 0 fully saturated rings. The normalized spacial score (nSPS) is 10.6. The first kappa shape index (κ1) is 11.6. The van der Waals surface area contributed by atoms with Crippen LogP contribution in [0.15, 0.2) is 29.8 Å². The molecule has 84 valence electrons. The lowest BCUT2D eigenvalue weighted by molar-refractivity contribution is 0.781. The average molecular weight is 253 g/mol. The van der Waals surface area contributed by atoms with Gasteiger partial charge >= 0.3 is 0 Å². The second kappa shape index (κ2) is 5.43. The van der Waals surface area contributed by atoms with Crippen LogP contribution >= 0.6 is 22.9 Å². The van der Waals surface area contributed by atoms with Crippen LogP contribution < -0.4 is 5.32 Å². The van der Waals surface area contributed by atoms with Crippen molar-refractivity contribution in [1.29, 1.82) is 0 Å². The molecule has 2 nitrogen and oxygen atoms in total. The number of nitrogens with zero attached hydrogens (tertiary/aromatic N) is 1. The summed E-state index contributed by atoms with van der Waals surface area (Å²) in [6.07, 6.45) is 0.931. The van der Waals surface area contributed by atoms with Crippen LogP contribution in [0.1, 0.15) is 5.69 Å². The predicted molar refractivity (Wildman–Crippen MR) is 70.2 cm³/mol. The summed E-state index contributed by atoms with van der Waals surface area (Å²) in [6.45, 7) is 0.932. The third-order valence-corrected chi connectivity index (χ3v) is 3.60. The molecule has 1 heterocycles. The number of aromatic nitrogens is 1. The van der Waals surface area contributed by atoms with Crippen LogP contribution in [-0.2, 0) is 6.42 Å². The van der Waals surface area contributed by atoms with E-state index in [2.05, 4.69) is 10.3 Å². The molecule has 0 spiro atoms. The van der Waals surface area contributed by atoms with Crippen LogP contribution in [0.5, 0.6) is 0 Å². The summed E-state index contributed by atoms with van der Waals surface area (Å²) in [5, 5.41) is 3.92. The van der Waals surface area contributed by atoms with Gasteiger partial charge in [0.1, 0.15) is 0 Å². The van der Waals surface area contributed by atoms with Gasteiger partial charge in [0.15, 0.2) is 0 Å². The van der Waals surface area contributed by atoms with Crippen LogP contribution in [0, 0.1) is 0 Å². The Morgan fingerprint density at radius 3 is 2.94 bits per heavy atom. The van der Waals surface area contributed by atoms with Crippen LogP contribution in [0.3, 0.4) is 0 Å². The van der Waals surface area contributed by atoms with Crippen molar-refractivity contribution in [2.75, 3.05) is 13.6 Å². The molecule has 0 aliphatic rings. The molecule has 2 aromatic rings. The standard InChI is InChI=1S/C12H13ClN2S/c1-14-7-6-11-12(16-8-15-11)9-4-2-3-5-10(9)13/h2-5,8,14H,6-7H2,1H3. The Bertz CT molecular complexity index is 468. The van der Waals surface area contributed by atoms with E-state index in [1.807, 2.05) is 36.8 Å². The van der Waals surface area contributed by atoms with Gasteiger partial charge in [-0.05, 0) is 13.1 Å². The molecule has 0 amide bonds. The number of rotatable bonds is 4. The van der Waals surface area contributed by atoms with Gasteiger partial charge in [0.25, 0.3) is 0 Å². The summed E-state index contributed by atoms with van der Waals surface area (Å²) in [5.74, 6) is 0. The Labute approximate surface area is 104 Å². The molecule has 0 aliphatic heterocycles. The lowest BCUT2D eigenvalue weighted by Crippen LogP contribution is -2.10. The van der Waals surface area contributed by atoms with Crippen molar-refractivity contribution in [2.45, 2.75) is 6.42 Å². The molecule has 0 atom stereocenters. The van der Waals surface area contributed by atoms with Gasteiger partial charge in [-0.25, -0.2) is 4.98 Å². The molecule has 2 rings (SSSR count). The van der Waals surface area contributed by atoms with E-state index in [4.69, 9.17) is 11.6 Å². The van der Waals surface area contributed by atoms with Crippen molar-refractivity contribution in [2.24, 2.45) is 0 Å². The Kier molecular flexibility index (Phi) is 3.93. The Morgan fingerprint density at radius 2 is 2.19 bits per heavy atom. The maximum Gasteiger partial charge on any atom is 0.0801 e. The third-order valence-electron chi connectivity index (χ3n) is 2.37. The molecule has 1 aromatic carbocycles. The molecule has 0 saturated carbocycles. The molecule has 0 saturated heterocycles. The van der Waals surface area contributed by atoms with Gasteiger partial charge in [0, 0.05) is 23.6 Å². The molecule has 1 N–H and O–H groups in total. The van der Waals surface area contributed by atoms with E-state index < -0.39 is 0 Å². The SMILES string of the molecule is CNCCc1ncsc1-c1ccccc1Cl. The first-order valence-corrected chi connectivity index (χ1v) is 6.40. The fraction of sp³-hybridized carbons (Fsp3) is 0.250. The molecule has 0 unspecified atom stereocenters. The van der Waals surface area contributed by atoms with E-state index in [-0.39, 0.29) is 0 Å². The van der Waals surface area contributed by atoms with Crippen LogP contribution in [0.2, 0.25) is 5.02 Å². The fourth-order valence-corrected chi connectivity index (χ4v) is 2.72. The van der Waals surface area contributed by atoms with Crippen molar-refractivity contribution in [3.63, 3.8) is 0 Å². The lowest BCUT2D eigenvalue weighted by atomic mass is 10.1. The third kappa shape index (κ3) is 2.43. The van der Waals surface area contributed by atoms with Gasteiger partial charge in [-0.2, -0.15) is 0 Å². The highest BCUT2D eigenvalue weighted by molar-refractivity contribution is 7.13. The smallest absolute Gasteiger partial charge is 0.0801 e. The number of benzene rings is 1. The lowest BCUT2D eigenvalue weighted by Gasteiger charge is -2.04. The Morgan fingerprint density at radius 1 is 1.38 bits per heavy atom.